The van der Waals surface area contributed by atoms with E-state index in [2.05, 4.69) is 29.9 Å². The summed E-state index contributed by atoms with van der Waals surface area (Å²) in [6, 6.07) is 4.99. The average molecular weight is 481 g/mol. The van der Waals surface area contributed by atoms with E-state index in [1.165, 1.54) is 37.6 Å². The van der Waals surface area contributed by atoms with Gasteiger partial charge < -0.3 is 19.2 Å². The number of nitrogens with zero attached hydrogens (tertiary/aromatic N) is 5. The minimum absolute atomic E-state index is 0.0916. The van der Waals surface area contributed by atoms with Crippen molar-refractivity contribution < 1.29 is 31.4 Å². The van der Waals surface area contributed by atoms with Crippen LogP contribution in [0.25, 0.3) is 16.6 Å². The van der Waals surface area contributed by atoms with Crippen LogP contribution < -0.4 is 18.9 Å². The molecule has 0 amide bonds. The van der Waals surface area contributed by atoms with Crippen LogP contribution in [0.1, 0.15) is 0 Å². The van der Waals surface area contributed by atoms with Gasteiger partial charge in [-0.25, -0.2) is 21.9 Å². The first kappa shape index (κ1) is 22.2. The Labute approximate surface area is 185 Å². The van der Waals surface area contributed by atoms with Crippen LogP contribution in [-0.4, -0.2) is 65.6 Å². The number of para-hydroxylation sites is 1. The van der Waals surface area contributed by atoms with Crippen molar-refractivity contribution in [3.63, 3.8) is 0 Å². The number of ether oxygens (including phenoxy) is 3. The van der Waals surface area contributed by atoms with Gasteiger partial charge in [-0.2, -0.15) is 20.2 Å². The van der Waals surface area contributed by atoms with E-state index in [9.17, 15) is 17.2 Å². The average Bonchev–Trinajstić information content (AvgIpc) is 3.47. The zero-order valence-corrected chi connectivity index (χ0v) is 18.0. The molecule has 0 aliphatic rings. The van der Waals surface area contributed by atoms with Gasteiger partial charge in [0.05, 0.1) is 32.1 Å². The van der Waals surface area contributed by atoms with Crippen LogP contribution in [0.3, 0.4) is 0 Å². The lowest BCUT2D eigenvalue weighted by Gasteiger charge is -2.14. The van der Waals surface area contributed by atoms with Crippen LogP contribution in [-0.2, 0) is 10.0 Å². The monoisotopic (exact) mass is 481 g/mol. The van der Waals surface area contributed by atoms with E-state index in [0.717, 1.165) is 0 Å². The van der Waals surface area contributed by atoms with Gasteiger partial charge in [0.1, 0.15) is 17.2 Å². The molecule has 0 unspecified atom stereocenters. The van der Waals surface area contributed by atoms with E-state index in [0.29, 0.717) is 16.6 Å². The van der Waals surface area contributed by atoms with Gasteiger partial charge in [0.2, 0.25) is 11.7 Å². The number of methoxy groups -OCH3 is 2. The Morgan fingerprint density at radius 1 is 1.12 bits per heavy atom. The van der Waals surface area contributed by atoms with Crippen LogP contribution in [0.2, 0.25) is 0 Å². The molecule has 0 saturated heterocycles. The fourth-order valence-corrected chi connectivity index (χ4v) is 4.13. The number of fused-ring (bicyclic) bond motifs is 1. The van der Waals surface area contributed by atoms with Crippen LogP contribution in [0, 0.1) is 0 Å². The molecule has 4 rings (SSSR count). The SMILES string of the molecule is COc1nc(NS(=O)(=O)c2c[nH]c3c(-n4nccn4)cccc23)nc(OC)c1OCC(F)F. The molecule has 0 spiro atoms. The summed E-state index contributed by atoms with van der Waals surface area (Å²) in [6.07, 6.45) is 1.53. The highest BCUT2D eigenvalue weighted by atomic mass is 32.2. The van der Waals surface area contributed by atoms with E-state index in [1.54, 1.807) is 18.2 Å². The topological polar surface area (TPSA) is 146 Å². The predicted octanol–water partition coefficient (Wildman–Crippen LogP) is 2.00. The molecule has 174 valence electrons. The quantitative estimate of drug-likeness (QED) is 0.366. The molecule has 0 radical (unpaired) electrons. The number of hydrogen-bond acceptors (Lipinski definition) is 9. The lowest BCUT2D eigenvalue weighted by atomic mass is 10.2. The van der Waals surface area contributed by atoms with Gasteiger partial charge in [0, 0.05) is 11.6 Å². The Kier molecular flexibility index (Phi) is 5.95. The van der Waals surface area contributed by atoms with Crippen molar-refractivity contribution in [2.45, 2.75) is 11.3 Å². The number of aromatic nitrogens is 6. The molecule has 33 heavy (non-hydrogen) atoms. The third-order valence-electron chi connectivity index (χ3n) is 4.35. The molecule has 1 aromatic carbocycles. The molecule has 0 aliphatic heterocycles. The van der Waals surface area contributed by atoms with E-state index < -0.39 is 29.0 Å². The lowest BCUT2D eigenvalue weighted by Crippen LogP contribution is -2.16. The number of alkyl halides is 2. The summed E-state index contributed by atoms with van der Waals surface area (Å²) in [5, 5.41) is 8.49. The highest BCUT2D eigenvalue weighted by Gasteiger charge is 2.25. The predicted molar refractivity (Wildman–Crippen MR) is 111 cm³/mol. The van der Waals surface area contributed by atoms with Crippen molar-refractivity contribution in [1.82, 2.24) is 29.9 Å². The van der Waals surface area contributed by atoms with Crippen molar-refractivity contribution >= 4 is 26.9 Å². The molecule has 0 saturated carbocycles. The number of aromatic amines is 1. The van der Waals surface area contributed by atoms with Crippen LogP contribution in [0.4, 0.5) is 14.7 Å². The van der Waals surface area contributed by atoms with Gasteiger partial charge in [-0.15, -0.1) is 4.80 Å². The zero-order valence-electron chi connectivity index (χ0n) is 17.2. The van der Waals surface area contributed by atoms with Gasteiger partial charge in [-0.3, -0.25) is 0 Å². The summed E-state index contributed by atoms with van der Waals surface area (Å²) in [5.41, 5.74) is 1.03. The first-order valence-corrected chi connectivity index (χ1v) is 10.7. The second kappa shape index (κ2) is 8.85. The molecule has 0 atom stereocenters. The van der Waals surface area contributed by atoms with Crippen LogP contribution >= 0.6 is 0 Å². The van der Waals surface area contributed by atoms with Crippen LogP contribution in [0.5, 0.6) is 17.5 Å². The summed E-state index contributed by atoms with van der Waals surface area (Å²) < 4.78 is 68.6. The van der Waals surface area contributed by atoms with Crippen molar-refractivity contribution in [3.8, 4) is 23.2 Å². The maximum absolute atomic E-state index is 13.1. The minimum atomic E-state index is -4.20. The van der Waals surface area contributed by atoms with Gasteiger partial charge in [0.25, 0.3) is 28.2 Å². The van der Waals surface area contributed by atoms with Gasteiger partial charge in [0.15, 0.2) is 0 Å². The number of H-pyrrole nitrogens is 1. The van der Waals surface area contributed by atoms with Crippen molar-refractivity contribution in [2.24, 2.45) is 0 Å². The highest BCUT2D eigenvalue weighted by molar-refractivity contribution is 7.93. The summed E-state index contributed by atoms with van der Waals surface area (Å²) in [6.45, 7) is -0.954. The van der Waals surface area contributed by atoms with E-state index >= 15 is 0 Å². The second-order valence-electron chi connectivity index (χ2n) is 6.37. The summed E-state index contributed by atoms with van der Waals surface area (Å²) in [4.78, 5) is 12.0. The van der Waals surface area contributed by atoms with E-state index in [4.69, 9.17) is 14.2 Å². The molecule has 15 heteroatoms. The molecule has 0 fully saturated rings. The maximum atomic E-state index is 13.1. The standard InChI is InChI=1S/C18H17F2N7O5S/c1-30-16-15(32-9-13(19)20)17(31-2)25-18(24-16)26-33(28,29)12-8-21-14-10(12)4-3-5-11(14)27-22-6-7-23-27/h3-8,13,21H,9H2,1-2H3,(H,24,25,26). The van der Waals surface area contributed by atoms with Gasteiger partial charge in [-0.05, 0) is 6.07 Å². The Morgan fingerprint density at radius 3 is 2.39 bits per heavy atom. The molecule has 0 aliphatic carbocycles. The number of hydrogen-bond donors (Lipinski definition) is 2. The highest BCUT2D eigenvalue weighted by Crippen LogP contribution is 2.36. The molecule has 3 aromatic heterocycles. The summed E-state index contributed by atoms with van der Waals surface area (Å²) in [5.74, 6) is -1.27. The Bertz CT molecular complexity index is 1350. The Balaban J connectivity index is 1.71. The molecular formula is C18H17F2N7O5S. The van der Waals surface area contributed by atoms with Gasteiger partial charge >= 0.3 is 0 Å². The number of benzene rings is 1. The van der Waals surface area contributed by atoms with Crippen molar-refractivity contribution in [1.29, 1.82) is 0 Å². The summed E-state index contributed by atoms with van der Waals surface area (Å²) >= 11 is 0. The second-order valence-corrected chi connectivity index (χ2v) is 8.02. The Hall–Kier alpha value is -4.01. The smallest absolute Gasteiger partial charge is 0.272 e. The maximum Gasteiger partial charge on any atom is 0.272 e. The Morgan fingerprint density at radius 2 is 1.79 bits per heavy atom. The molecule has 12 nitrogen and oxygen atoms in total. The first-order valence-electron chi connectivity index (χ1n) is 9.24. The lowest BCUT2D eigenvalue weighted by molar-refractivity contribution is 0.0781. The van der Waals surface area contributed by atoms with Crippen molar-refractivity contribution in [3.05, 3.63) is 36.8 Å². The van der Waals surface area contributed by atoms with Crippen LogP contribution in [0.15, 0.2) is 41.7 Å². The van der Waals surface area contributed by atoms with E-state index in [1.807, 2.05) is 0 Å². The molecule has 4 aromatic rings. The minimum Gasteiger partial charge on any atom is -0.478 e. The molecule has 3 heterocycles. The number of sulfonamides is 1. The number of nitrogens with one attached hydrogen (secondary N) is 2. The third kappa shape index (κ3) is 4.34. The third-order valence-corrected chi connectivity index (χ3v) is 5.72. The van der Waals surface area contributed by atoms with E-state index in [-0.39, 0.29) is 22.4 Å². The normalized spacial score (nSPS) is 11.7. The molecule has 0 bridgehead atoms. The number of rotatable bonds is 9. The largest absolute Gasteiger partial charge is 0.478 e. The van der Waals surface area contributed by atoms with Gasteiger partial charge in [-0.1, -0.05) is 12.1 Å². The van der Waals surface area contributed by atoms with Crippen molar-refractivity contribution in [2.75, 3.05) is 25.5 Å². The number of anilines is 1. The fourth-order valence-electron chi connectivity index (χ4n) is 3.02. The zero-order chi connectivity index (χ0) is 23.6. The fraction of sp³-hybridized carbons (Fsp3) is 0.222. The molecular weight excluding hydrogens is 464 g/mol. The first-order chi connectivity index (χ1) is 15.8. The number of halogens is 2. The summed E-state index contributed by atoms with van der Waals surface area (Å²) in [7, 11) is -1.78. The molecule has 2 N–H and O–H groups in total.